The molecule has 0 atom stereocenters. The topological polar surface area (TPSA) is 69.7 Å². The molecule has 2 N–H and O–H groups in total. The molecule has 0 spiro atoms. The Hall–Kier alpha value is -3.32. The monoisotopic (exact) mass is 405 g/mol. The Morgan fingerprint density at radius 1 is 1.07 bits per heavy atom. The molecule has 0 unspecified atom stereocenters. The zero-order valence-corrected chi connectivity index (χ0v) is 17.2. The van der Waals surface area contributed by atoms with Crippen molar-refractivity contribution in [2.75, 3.05) is 56.6 Å². The molecule has 30 heavy (non-hydrogen) atoms. The fraction of sp³-hybridized carbons (Fsp3) is 0.304. The number of aromatic nitrogens is 1. The molecule has 0 saturated carbocycles. The SMILES string of the molecule is COc1cccc(N2CCN(CCNC(=O)Nc3ccnc4ccccc34)CC2)c1. The second kappa shape index (κ2) is 9.45. The van der Waals surface area contributed by atoms with Crippen LogP contribution >= 0.6 is 0 Å². The molecule has 2 aromatic carbocycles. The largest absolute Gasteiger partial charge is 0.497 e. The van der Waals surface area contributed by atoms with Gasteiger partial charge in [0.2, 0.25) is 0 Å². The van der Waals surface area contributed by atoms with Gasteiger partial charge in [0.15, 0.2) is 0 Å². The number of rotatable bonds is 6. The lowest BCUT2D eigenvalue weighted by Crippen LogP contribution is -2.48. The highest BCUT2D eigenvalue weighted by atomic mass is 16.5. The van der Waals surface area contributed by atoms with Gasteiger partial charge in [-0.25, -0.2) is 4.79 Å². The fourth-order valence-corrected chi connectivity index (χ4v) is 3.74. The Labute approximate surface area is 176 Å². The molecule has 3 aromatic rings. The van der Waals surface area contributed by atoms with Gasteiger partial charge in [-0.3, -0.25) is 9.88 Å². The van der Waals surface area contributed by atoms with Crippen LogP contribution in [0.5, 0.6) is 5.75 Å². The normalized spacial score (nSPS) is 14.5. The number of urea groups is 1. The number of nitrogens with one attached hydrogen (secondary N) is 2. The number of fused-ring (bicyclic) bond motifs is 1. The summed E-state index contributed by atoms with van der Waals surface area (Å²) in [5.74, 6) is 0.882. The van der Waals surface area contributed by atoms with E-state index in [0.717, 1.165) is 55.1 Å². The van der Waals surface area contributed by atoms with Crippen molar-refractivity contribution >= 4 is 28.3 Å². The number of carbonyl (C=O) groups excluding carboxylic acids is 1. The molecule has 1 aliphatic heterocycles. The molecule has 4 rings (SSSR count). The van der Waals surface area contributed by atoms with Gasteiger partial charge in [0, 0.05) is 62.6 Å². The lowest BCUT2D eigenvalue weighted by Gasteiger charge is -2.36. The van der Waals surface area contributed by atoms with Crippen LogP contribution in [0, 0.1) is 0 Å². The minimum absolute atomic E-state index is 0.193. The quantitative estimate of drug-likeness (QED) is 0.659. The van der Waals surface area contributed by atoms with Crippen molar-refractivity contribution in [3.05, 3.63) is 60.8 Å². The van der Waals surface area contributed by atoms with Gasteiger partial charge < -0.3 is 20.3 Å². The summed E-state index contributed by atoms with van der Waals surface area (Å²) < 4.78 is 5.32. The molecule has 2 amide bonds. The average molecular weight is 406 g/mol. The second-order valence-electron chi connectivity index (χ2n) is 7.29. The van der Waals surface area contributed by atoms with Gasteiger partial charge in [-0.05, 0) is 24.3 Å². The van der Waals surface area contributed by atoms with E-state index >= 15 is 0 Å². The molecular formula is C23H27N5O2. The first-order chi connectivity index (χ1) is 14.7. The summed E-state index contributed by atoms with van der Waals surface area (Å²) in [6, 6.07) is 17.6. The Kier molecular flexibility index (Phi) is 6.29. The zero-order valence-electron chi connectivity index (χ0n) is 17.2. The van der Waals surface area contributed by atoms with Crippen molar-refractivity contribution < 1.29 is 9.53 Å². The minimum Gasteiger partial charge on any atom is -0.497 e. The number of para-hydroxylation sites is 1. The van der Waals surface area contributed by atoms with Gasteiger partial charge in [-0.1, -0.05) is 24.3 Å². The van der Waals surface area contributed by atoms with Crippen LogP contribution in [0.25, 0.3) is 10.9 Å². The standard InChI is InChI=1S/C23H27N5O2/c1-30-19-6-4-5-18(17-19)28-15-13-27(14-16-28)12-11-25-23(29)26-22-9-10-24-21-8-3-2-7-20(21)22/h2-10,17H,11-16H2,1H3,(H2,24,25,26,29). The number of hydrogen-bond donors (Lipinski definition) is 2. The molecule has 7 heteroatoms. The third kappa shape index (κ3) is 4.80. The number of benzene rings is 2. The van der Waals surface area contributed by atoms with Crippen molar-refractivity contribution in [3.8, 4) is 5.75 Å². The zero-order chi connectivity index (χ0) is 20.8. The van der Waals surface area contributed by atoms with E-state index in [1.165, 1.54) is 5.69 Å². The van der Waals surface area contributed by atoms with Crippen LogP contribution < -0.4 is 20.3 Å². The molecule has 156 valence electrons. The Balaban J connectivity index is 1.22. The summed E-state index contributed by atoms with van der Waals surface area (Å²) >= 11 is 0. The van der Waals surface area contributed by atoms with Crippen LogP contribution in [0.3, 0.4) is 0 Å². The second-order valence-corrected chi connectivity index (χ2v) is 7.29. The predicted molar refractivity (Wildman–Crippen MR) is 120 cm³/mol. The molecule has 1 saturated heterocycles. The molecule has 1 aromatic heterocycles. The number of anilines is 2. The number of carbonyl (C=O) groups is 1. The van der Waals surface area contributed by atoms with Gasteiger partial charge in [-0.15, -0.1) is 0 Å². The molecule has 2 heterocycles. The van der Waals surface area contributed by atoms with Crippen LogP contribution in [0.1, 0.15) is 0 Å². The molecular weight excluding hydrogens is 378 g/mol. The van der Waals surface area contributed by atoms with E-state index in [1.54, 1.807) is 13.3 Å². The average Bonchev–Trinajstić information content (AvgIpc) is 2.80. The smallest absolute Gasteiger partial charge is 0.319 e. The maximum atomic E-state index is 12.3. The highest BCUT2D eigenvalue weighted by Crippen LogP contribution is 2.22. The minimum atomic E-state index is -0.193. The van der Waals surface area contributed by atoms with Crippen molar-refractivity contribution in [1.82, 2.24) is 15.2 Å². The number of methoxy groups -OCH3 is 1. The Morgan fingerprint density at radius 3 is 2.73 bits per heavy atom. The van der Waals surface area contributed by atoms with Gasteiger partial charge in [0.05, 0.1) is 18.3 Å². The summed E-state index contributed by atoms with van der Waals surface area (Å²) in [5.41, 5.74) is 2.82. The van der Waals surface area contributed by atoms with Crippen LogP contribution in [0.15, 0.2) is 60.8 Å². The number of pyridine rings is 1. The Bertz CT molecular complexity index is 996. The first kappa shape index (κ1) is 20.0. The number of piperazine rings is 1. The summed E-state index contributed by atoms with van der Waals surface area (Å²) in [6.07, 6.45) is 1.71. The van der Waals surface area contributed by atoms with Crippen LogP contribution in [-0.4, -0.2) is 62.3 Å². The Morgan fingerprint density at radius 2 is 1.90 bits per heavy atom. The maximum absolute atomic E-state index is 12.3. The van der Waals surface area contributed by atoms with Gasteiger partial charge >= 0.3 is 6.03 Å². The van der Waals surface area contributed by atoms with Crippen LogP contribution in [0.2, 0.25) is 0 Å². The van der Waals surface area contributed by atoms with E-state index in [-0.39, 0.29) is 6.03 Å². The number of amides is 2. The van der Waals surface area contributed by atoms with Crippen LogP contribution in [0.4, 0.5) is 16.2 Å². The van der Waals surface area contributed by atoms with Gasteiger partial charge in [0.25, 0.3) is 0 Å². The third-order valence-electron chi connectivity index (χ3n) is 5.40. The summed E-state index contributed by atoms with van der Waals surface area (Å²) in [4.78, 5) is 21.4. The molecule has 0 radical (unpaired) electrons. The van der Waals surface area contributed by atoms with E-state index in [9.17, 15) is 4.79 Å². The fourth-order valence-electron chi connectivity index (χ4n) is 3.74. The summed E-state index contributed by atoms with van der Waals surface area (Å²) in [7, 11) is 1.69. The van der Waals surface area contributed by atoms with E-state index in [2.05, 4.69) is 37.6 Å². The molecule has 7 nitrogen and oxygen atoms in total. The highest BCUT2D eigenvalue weighted by Gasteiger charge is 2.17. The molecule has 0 aliphatic carbocycles. The van der Waals surface area contributed by atoms with Gasteiger partial charge in [-0.2, -0.15) is 0 Å². The number of nitrogens with zero attached hydrogens (tertiary/aromatic N) is 3. The van der Waals surface area contributed by atoms with Crippen LogP contribution in [-0.2, 0) is 0 Å². The van der Waals surface area contributed by atoms with Crippen molar-refractivity contribution in [3.63, 3.8) is 0 Å². The number of hydrogen-bond acceptors (Lipinski definition) is 5. The van der Waals surface area contributed by atoms with E-state index in [1.807, 2.05) is 42.5 Å². The van der Waals surface area contributed by atoms with Crippen molar-refractivity contribution in [2.45, 2.75) is 0 Å². The van der Waals surface area contributed by atoms with Gasteiger partial charge in [0.1, 0.15) is 5.75 Å². The summed E-state index contributed by atoms with van der Waals surface area (Å²) in [5, 5.41) is 6.83. The van der Waals surface area contributed by atoms with Crippen molar-refractivity contribution in [1.29, 1.82) is 0 Å². The highest BCUT2D eigenvalue weighted by molar-refractivity contribution is 6.00. The number of ether oxygens (including phenoxy) is 1. The first-order valence-electron chi connectivity index (χ1n) is 10.2. The predicted octanol–water partition coefficient (Wildman–Crippen LogP) is 3.19. The first-order valence-corrected chi connectivity index (χ1v) is 10.2. The molecule has 1 fully saturated rings. The van der Waals surface area contributed by atoms with E-state index in [0.29, 0.717) is 6.54 Å². The van der Waals surface area contributed by atoms with E-state index in [4.69, 9.17) is 4.74 Å². The lowest BCUT2D eigenvalue weighted by molar-refractivity contribution is 0.240. The lowest BCUT2D eigenvalue weighted by atomic mass is 10.2. The summed E-state index contributed by atoms with van der Waals surface area (Å²) in [6.45, 7) is 5.29. The molecule has 1 aliphatic rings. The third-order valence-corrected chi connectivity index (χ3v) is 5.40. The van der Waals surface area contributed by atoms with E-state index < -0.39 is 0 Å². The van der Waals surface area contributed by atoms with Crippen molar-refractivity contribution in [2.24, 2.45) is 0 Å². The molecule has 0 bridgehead atoms. The maximum Gasteiger partial charge on any atom is 0.319 e.